The molecule has 2 amide bonds. The molecule has 0 atom stereocenters. The number of carbonyl (C=O) groups is 2. The lowest BCUT2D eigenvalue weighted by atomic mass is 10.2. The topological polar surface area (TPSA) is 111 Å². The smallest absolute Gasteiger partial charge is 0.248 e. The highest BCUT2D eigenvalue weighted by atomic mass is 16.1. The standard InChI is InChI=1S/C14H12N4O2/c15-13(19)9-3-1-5-11(7-9)17-18-12-6-2-4-10(8-12)14(16)20/h1-8H,(H2,15,19)(H2,16,20). The van der Waals surface area contributed by atoms with Crippen molar-refractivity contribution in [2.24, 2.45) is 21.7 Å². The van der Waals surface area contributed by atoms with Gasteiger partial charge in [0.1, 0.15) is 0 Å². The van der Waals surface area contributed by atoms with Gasteiger partial charge >= 0.3 is 0 Å². The molecule has 6 heteroatoms. The van der Waals surface area contributed by atoms with Crippen molar-refractivity contribution in [2.45, 2.75) is 0 Å². The van der Waals surface area contributed by atoms with Gasteiger partial charge in [-0.3, -0.25) is 9.59 Å². The van der Waals surface area contributed by atoms with Gasteiger partial charge in [0, 0.05) is 11.1 Å². The van der Waals surface area contributed by atoms with Crippen LogP contribution in [-0.2, 0) is 0 Å². The van der Waals surface area contributed by atoms with E-state index in [4.69, 9.17) is 11.5 Å². The van der Waals surface area contributed by atoms with Crippen LogP contribution < -0.4 is 11.5 Å². The molecule has 6 nitrogen and oxygen atoms in total. The van der Waals surface area contributed by atoms with Gasteiger partial charge in [-0.2, -0.15) is 10.2 Å². The van der Waals surface area contributed by atoms with Crippen molar-refractivity contribution in [1.82, 2.24) is 0 Å². The van der Waals surface area contributed by atoms with Gasteiger partial charge in [-0.25, -0.2) is 0 Å². The molecule has 20 heavy (non-hydrogen) atoms. The molecule has 2 aromatic carbocycles. The molecular formula is C14H12N4O2. The largest absolute Gasteiger partial charge is 0.366 e. The third kappa shape index (κ3) is 3.26. The Bertz CT molecular complexity index is 636. The van der Waals surface area contributed by atoms with E-state index in [1.807, 2.05) is 0 Å². The first-order chi connectivity index (χ1) is 9.56. The van der Waals surface area contributed by atoms with Crippen molar-refractivity contribution in [3.8, 4) is 0 Å². The van der Waals surface area contributed by atoms with Crippen LogP contribution in [0.5, 0.6) is 0 Å². The van der Waals surface area contributed by atoms with E-state index in [1.165, 1.54) is 12.1 Å². The molecule has 0 saturated heterocycles. The fraction of sp³-hybridized carbons (Fsp3) is 0. The predicted molar refractivity (Wildman–Crippen MR) is 74.1 cm³/mol. The molecule has 0 fully saturated rings. The first-order valence-electron chi connectivity index (χ1n) is 5.78. The van der Waals surface area contributed by atoms with Gasteiger partial charge in [-0.05, 0) is 36.4 Å². The molecule has 0 unspecified atom stereocenters. The number of primary amides is 2. The van der Waals surface area contributed by atoms with E-state index in [2.05, 4.69) is 10.2 Å². The third-order valence-electron chi connectivity index (χ3n) is 2.54. The molecule has 100 valence electrons. The zero-order valence-electron chi connectivity index (χ0n) is 10.5. The minimum absolute atomic E-state index is 0.354. The summed E-state index contributed by atoms with van der Waals surface area (Å²) in [5, 5.41) is 7.97. The lowest BCUT2D eigenvalue weighted by molar-refractivity contribution is 0.0992. The van der Waals surface area contributed by atoms with Gasteiger partial charge in [-0.1, -0.05) is 12.1 Å². The minimum atomic E-state index is -0.530. The summed E-state index contributed by atoms with van der Waals surface area (Å²) in [7, 11) is 0. The average molecular weight is 268 g/mol. The number of carbonyl (C=O) groups excluding carboxylic acids is 2. The molecule has 0 bridgehead atoms. The highest BCUT2D eigenvalue weighted by molar-refractivity contribution is 5.94. The van der Waals surface area contributed by atoms with Crippen LogP contribution in [-0.4, -0.2) is 11.8 Å². The van der Waals surface area contributed by atoms with Crippen molar-refractivity contribution in [3.05, 3.63) is 59.7 Å². The van der Waals surface area contributed by atoms with Crippen molar-refractivity contribution in [1.29, 1.82) is 0 Å². The molecule has 0 spiro atoms. The number of benzene rings is 2. The molecule has 0 aromatic heterocycles. The van der Waals surface area contributed by atoms with Gasteiger partial charge < -0.3 is 11.5 Å². The van der Waals surface area contributed by atoms with Crippen molar-refractivity contribution in [3.63, 3.8) is 0 Å². The quantitative estimate of drug-likeness (QED) is 0.829. The second-order valence-corrected chi connectivity index (χ2v) is 4.03. The van der Waals surface area contributed by atoms with Crippen molar-refractivity contribution < 1.29 is 9.59 Å². The number of rotatable bonds is 4. The predicted octanol–water partition coefficient (Wildman–Crippen LogP) is 2.30. The molecule has 0 saturated carbocycles. The molecule has 2 rings (SSSR count). The summed E-state index contributed by atoms with van der Waals surface area (Å²) in [5.41, 5.74) is 12.1. The number of nitrogens with zero attached hydrogens (tertiary/aromatic N) is 2. The Morgan fingerprint density at radius 3 is 1.50 bits per heavy atom. The van der Waals surface area contributed by atoms with Gasteiger partial charge in [0.2, 0.25) is 11.8 Å². The van der Waals surface area contributed by atoms with Crippen molar-refractivity contribution in [2.75, 3.05) is 0 Å². The van der Waals surface area contributed by atoms with Crippen LogP contribution in [0.25, 0.3) is 0 Å². The van der Waals surface area contributed by atoms with Gasteiger partial charge in [0.25, 0.3) is 0 Å². The molecular weight excluding hydrogens is 256 g/mol. The fourth-order valence-electron chi connectivity index (χ4n) is 1.56. The van der Waals surface area contributed by atoms with Crippen LogP contribution in [0.4, 0.5) is 11.4 Å². The normalized spacial score (nSPS) is 10.6. The second kappa shape index (κ2) is 5.75. The molecule has 0 aliphatic heterocycles. The Hall–Kier alpha value is -3.02. The molecule has 0 aliphatic rings. The maximum absolute atomic E-state index is 11.0. The molecule has 0 heterocycles. The number of azo groups is 1. The summed E-state index contributed by atoms with van der Waals surface area (Å²) in [6.45, 7) is 0. The number of amides is 2. The van der Waals surface area contributed by atoms with Gasteiger partial charge in [0.05, 0.1) is 11.4 Å². The monoisotopic (exact) mass is 268 g/mol. The van der Waals surface area contributed by atoms with E-state index < -0.39 is 11.8 Å². The van der Waals surface area contributed by atoms with E-state index in [9.17, 15) is 9.59 Å². The Kier molecular flexibility index (Phi) is 3.85. The molecule has 0 radical (unpaired) electrons. The Labute approximate surface area is 115 Å². The maximum atomic E-state index is 11.0. The molecule has 2 aromatic rings. The van der Waals surface area contributed by atoms with Gasteiger partial charge in [0.15, 0.2) is 0 Å². The Morgan fingerprint density at radius 2 is 1.15 bits per heavy atom. The Morgan fingerprint density at radius 1 is 0.750 bits per heavy atom. The fourth-order valence-corrected chi connectivity index (χ4v) is 1.56. The van der Waals surface area contributed by atoms with Crippen molar-refractivity contribution >= 4 is 23.2 Å². The Balaban J connectivity index is 2.25. The second-order valence-electron chi connectivity index (χ2n) is 4.03. The zero-order valence-corrected chi connectivity index (χ0v) is 10.5. The maximum Gasteiger partial charge on any atom is 0.248 e. The summed E-state index contributed by atoms with van der Waals surface area (Å²) in [4.78, 5) is 22.1. The summed E-state index contributed by atoms with van der Waals surface area (Å²) in [6.07, 6.45) is 0. The van der Waals surface area contributed by atoms with Crippen LogP contribution in [0, 0.1) is 0 Å². The van der Waals surface area contributed by atoms with Crippen LogP contribution in [0.2, 0.25) is 0 Å². The highest BCUT2D eigenvalue weighted by Crippen LogP contribution is 2.20. The third-order valence-corrected chi connectivity index (χ3v) is 2.54. The number of hydrogen-bond donors (Lipinski definition) is 2. The van der Waals surface area contributed by atoms with Gasteiger partial charge in [-0.15, -0.1) is 0 Å². The zero-order chi connectivity index (χ0) is 14.5. The molecule has 0 aliphatic carbocycles. The van der Waals surface area contributed by atoms with Crippen LogP contribution in [0.15, 0.2) is 58.8 Å². The van der Waals surface area contributed by atoms with E-state index in [1.54, 1.807) is 36.4 Å². The lowest BCUT2D eigenvalue weighted by Crippen LogP contribution is -2.10. The highest BCUT2D eigenvalue weighted by Gasteiger charge is 2.02. The summed E-state index contributed by atoms with van der Waals surface area (Å²) in [6, 6.07) is 12.9. The van der Waals surface area contributed by atoms with Crippen LogP contribution in [0.3, 0.4) is 0 Å². The summed E-state index contributed by atoms with van der Waals surface area (Å²) < 4.78 is 0. The van der Waals surface area contributed by atoms with E-state index in [-0.39, 0.29) is 0 Å². The number of nitrogens with two attached hydrogens (primary N) is 2. The summed E-state index contributed by atoms with van der Waals surface area (Å²) in [5.74, 6) is -1.06. The SMILES string of the molecule is NC(=O)c1cccc(N=Nc2cccc(C(N)=O)c2)c1. The van der Waals surface area contributed by atoms with E-state index in [0.29, 0.717) is 22.5 Å². The van der Waals surface area contributed by atoms with E-state index in [0.717, 1.165) is 0 Å². The van der Waals surface area contributed by atoms with Crippen LogP contribution in [0.1, 0.15) is 20.7 Å². The van der Waals surface area contributed by atoms with Crippen LogP contribution >= 0.6 is 0 Å². The average Bonchev–Trinajstić information content (AvgIpc) is 2.45. The number of hydrogen-bond acceptors (Lipinski definition) is 4. The first kappa shape index (κ1) is 13.4. The molecule has 4 N–H and O–H groups in total. The first-order valence-corrected chi connectivity index (χ1v) is 5.78. The minimum Gasteiger partial charge on any atom is -0.366 e. The lowest BCUT2D eigenvalue weighted by Gasteiger charge is -1.98. The van der Waals surface area contributed by atoms with E-state index >= 15 is 0 Å². The summed E-state index contributed by atoms with van der Waals surface area (Å²) >= 11 is 0.